The Morgan fingerprint density at radius 1 is 1.31 bits per heavy atom. The van der Waals surface area contributed by atoms with Crippen molar-refractivity contribution in [3.05, 3.63) is 17.6 Å². The minimum atomic E-state index is 0.910. The molecule has 13 heavy (non-hydrogen) atoms. The Balaban J connectivity index is 2.95. The Morgan fingerprint density at radius 3 is 2.69 bits per heavy atom. The molecule has 1 aromatic heterocycles. The van der Waals surface area contributed by atoms with Crippen LogP contribution in [0.4, 0.5) is 5.82 Å². The molecule has 3 heteroatoms. The number of nitrogens with one attached hydrogen (secondary N) is 1. The predicted molar refractivity (Wildman–Crippen MR) is 54.9 cm³/mol. The summed E-state index contributed by atoms with van der Waals surface area (Å²) in [5.74, 6) is 0.997. The van der Waals surface area contributed by atoms with E-state index in [1.54, 1.807) is 6.33 Å². The summed E-state index contributed by atoms with van der Waals surface area (Å²) in [6.07, 6.45) is 3.80. The molecule has 1 rings (SSSR count). The van der Waals surface area contributed by atoms with Crippen molar-refractivity contribution in [3.8, 4) is 0 Å². The molecule has 0 atom stereocenters. The fourth-order valence-electron chi connectivity index (χ4n) is 1.37. The van der Waals surface area contributed by atoms with Gasteiger partial charge in [-0.05, 0) is 20.3 Å². The van der Waals surface area contributed by atoms with Gasteiger partial charge >= 0.3 is 0 Å². The zero-order chi connectivity index (χ0) is 9.68. The van der Waals surface area contributed by atoms with E-state index >= 15 is 0 Å². The van der Waals surface area contributed by atoms with Crippen LogP contribution in [0.25, 0.3) is 0 Å². The van der Waals surface area contributed by atoms with Crippen molar-refractivity contribution in [2.75, 3.05) is 11.9 Å². The SMILES string of the molecule is CCCc1c(C)ncnc1NCC. The number of aromatic nitrogens is 2. The quantitative estimate of drug-likeness (QED) is 0.769. The van der Waals surface area contributed by atoms with Crippen LogP contribution in [0.15, 0.2) is 6.33 Å². The van der Waals surface area contributed by atoms with E-state index < -0.39 is 0 Å². The van der Waals surface area contributed by atoms with Gasteiger partial charge in [-0.25, -0.2) is 9.97 Å². The van der Waals surface area contributed by atoms with Crippen LogP contribution < -0.4 is 5.32 Å². The van der Waals surface area contributed by atoms with E-state index in [0.717, 1.165) is 30.9 Å². The van der Waals surface area contributed by atoms with Crippen LogP contribution in [0.5, 0.6) is 0 Å². The summed E-state index contributed by atoms with van der Waals surface area (Å²) >= 11 is 0. The zero-order valence-corrected chi connectivity index (χ0v) is 8.59. The van der Waals surface area contributed by atoms with Crippen molar-refractivity contribution in [3.63, 3.8) is 0 Å². The lowest BCUT2D eigenvalue weighted by Gasteiger charge is -2.10. The first-order valence-electron chi connectivity index (χ1n) is 4.83. The van der Waals surface area contributed by atoms with Crippen LogP contribution in [0, 0.1) is 6.92 Å². The number of anilines is 1. The number of hydrogen-bond donors (Lipinski definition) is 1. The standard InChI is InChI=1S/C10H17N3/c1-4-6-9-8(3)12-7-13-10(9)11-5-2/h7H,4-6H2,1-3H3,(H,11,12,13). The molecule has 0 aliphatic rings. The van der Waals surface area contributed by atoms with Crippen LogP contribution in [0.3, 0.4) is 0 Å². The van der Waals surface area contributed by atoms with Crippen LogP contribution >= 0.6 is 0 Å². The summed E-state index contributed by atoms with van der Waals surface area (Å²) < 4.78 is 0. The Kier molecular flexibility index (Phi) is 3.68. The van der Waals surface area contributed by atoms with Crippen LogP contribution in [-0.4, -0.2) is 16.5 Å². The van der Waals surface area contributed by atoms with Gasteiger partial charge in [-0.2, -0.15) is 0 Å². The van der Waals surface area contributed by atoms with Crippen LogP contribution in [0.2, 0.25) is 0 Å². The Bertz CT molecular complexity index is 271. The molecule has 0 radical (unpaired) electrons. The number of rotatable bonds is 4. The highest BCUT2D eigenvalue weighted by atomic mass is 15.0. The van der Waals surface area contributed by atoms with Crippen molar-refractivity contribution in [2.24, 2.45) is 0 Å². The highest BCUT2D eigenvalue weighted by Gasteiger charge is 2.05. The van der Waals surface area contributed by atoms with Crippen molar-refractivity contribution in [2.45, 2.75) is 33.6 Å². The molecule has 1 N–H and O–H groups in total. The van der Waals surface area contributed by atoms with Gasteiger partial charge in [0.15, 0.2) is 0 Å². The van der Waals surface area contributed by atoms with Crippen molar-refractivity contribution in [1.82, 2.24) is 9.97 Å². The second-order valence-corrected chi connectivity index (χ2v) is 3.07. The Labute approximate surface area is 79.6 Å². The van der Waals surface area contributed by atoms with Gasteiger partial charge in [-0.3, -0.25) is 0 Å². The lowest BCUT2D eigenvalue weighted by Crippen LogP contribution is -2.06. The molecule has 0 saturated carbocycles. The summed E-state index contributed by atoms with van der Waals surface area (Å²) in [6.45, 7) is 7.19. The maximum absolute atomic E-state index is 4.23. The van der Waals surface area contributed by atoms with E-state index in [4.69, 9.17) is 0 Å². The minimum Gasteiger partial charge on any atom is -0.370 e. The average Bonchev–Trinajstić information content (AvgIpc) is 2.11. The summed E-state index contributed by atoms with van der Waals surface area (Å²) in [4.78, 5) is 8.42. The van der Waals surface area contributed by atoms with Crippen LogP contribution in [-0.2, 0) is 6.42 Å². The third-order valence-electron chi connectivity index (χ3n) is 2.01. The third kappa shape index (κ3) is 2.41. The first-order valence-corrected chi connectivity index (χ1v) is 4.83. The lowest BCUT2D eigenvalue weighted by atomic mass is 10.1. The van der Waals surface area contributed by atoms with E-state index in [2.05, 4.69) is 29.1 Å². The summed E-state index contributed by atoms with van der Waals surface area (Å²) in [6, 6.07) is 0. The van der Waals surface area contributed by atoms with Gasteiger partial charge in [-0.15, -0.1) is 0 Å². The predicted octanol–water partition coefficient (Wildman–Crippen LogP) is 2.17. The summed E-state index contributed by atoms with van der Waals surface area (Å²) in [5.41, 5.74) is 2.35. The number of aryl methyl sites for hydroxylation is 1. The van der Waals surface area contributed by atoms with Gasteiger partial charge in [0.25, 0.3) is 0 Å². The first kappa shape index (κ1) is 9.96. The molecule has 1 aromatic rings. The van der Waals surface area contributed by atoms with Crippen LogP contribution in [0.1, 0.15) is 31.5 Å². The summed E-state index contributed by atoms with van der Waals surface area (Å²) in [5, 5.41) is 3.25. The molecule has 0 aliphatic carbocycles. The average molecular weight is 179 g/mol. The van der Waals surface area contributed by atoms with Crippen molar-refractivity contribution in [1.29, 1.82) is 0 Å². The zero-order valence-electron chi connectivity index (χ0n) is 8.59. The number of nitrogens with zero attached hydrogens (tertiary/aromatic N) is 2. The van der Waals surface area contributed by atoms with Crippen molar-refractivity contribution >= 4 is 5.82 Å². The molecule has 1 heterocycles. The molecule has 72 valence electrons. The van der Waals surface area contributed by atoms with E-state index in [9.17, 15) is 0 Å². The molecule has 3 nitrogen and oxygen atoms in total. The van der Waals surface area contributed by atoms with E-state index in [1.807, 2.05) is 6.92 Å². The normalized spacial score (nSPS) is 10.1. The maximum atomic E-state index is 4.23. The molecule has 0 aromatic carbocycles. The van der Waals surface area contributed by atoms with Gasteiger partial charge in [0.2, 0.25) is 0 Å². The molecular weight excluding hydrogens is 162 g/mol. The largest absolute Gasteiger partial charge is 0.370 e. The highest BCUT2D eigenvalue weighted by Crippen LogP contribution is 2.15. The molecule has 0 unspecified atom stereocenters. The first-order chi connectivity index (χ1) is 6.29. The second kappa shape index (κ2) is 4.80. The van der Waals surface area contributed by atoms with Gasteiger partial charge in [0, 0.05) is 17.8 Å². The number of hydrogen-bond acceptors (Lipinski definition) is 3. The highest BCUT2D eigenvalue weighted by molar-refractivity contribution is 5.45. The van der Waals surface area contributed by atoms with Gasteiger partial charge in [-0.1, -0.05) is 13.3 Å². The summed E-state index contributed by atoms with van der Waals surface area (Å²) in [7, 11) is 0. The maximum Gasteiger partial charge on any atom is 0.132 e. The molecule has 0 saturated heterocycles. The molecule has 0 fully saturated rings. The monoisotopic (exact) mass is 179 g/mol. The van der Waals surface area contributed by atoms with E-state index in [-0.39, 0.29) is 0 Å². The van der Waals surface area contributed by atoms with Crippen molar-refractivity contribution < 1.29 is 0 Å². The van der Waals surface area contributed by atoms with E-state index in [0.29, 0.717) is 0 Å². The second-order valence-electron chi connectivity index (χ2n) is 3.07. The molecule has 0 bridgehead atoms. The lowest BCUT2D eigenvalue weighted by molar-refractivity contribution is 0.881. The fourth-order valence-corrected chi connectivity index (χ4v) is 1.37. The Morgan fingerprint density at radius 2 is 2.08 bits per heavy atom. The molecule has 0 spiro atoms. The fraction of sp³-hybridized carbons (Fsp3) is 0.600. The molecule has 0 amide bonds. The van der Waals surface area contributed by atoms with Gasteiger partial charge in [0.05, 0.1) is 0 Å². The smallest absolute Gasteiger partial charge is 0.132 e. The van der Waals surface area contributed by atoms with E-state index in [1.165, 1.54) is 5.56 Å². The topological polar surface area (TPSA) is 37.8 Å². The third-order valence-corrected chi connectivity index (χ3v) is 2.01. The Hall–Kier alpha value is -1.12. The molecule has 0 aliphatic heterocycles. The van der Waals surface area contributed by atoms with Gasteiger partial charge in [0.1, 0.15) is 12.1 Å². The molecular formula is C10H17N3. The van der Waals surface area contributed by atoms with Gasteiger partial charge < -0.3 is 5.32 Å². The minimum absolute atomic E-state index is 0.910.